The lowest BCUT2D eigenvalue weighted by atomic mass is 9.76. The number of nitrogens with zero attached hydrogens (tertiary/aromatic N) is 2. The molecule has 3 rings (SSSR count). The van der Waals surface area contributed by atoms with Crippen molar-refractivity contribution in [1.82, 2.24) is 10.3 Å². The van der Waals surface area contributed by atoms with Crippen molar-refractivity contribution in [3.8, 4) is 0 Å². The number of carbonyl (C=O) groups is 1. The fraction of sp³-hybridized carbons (Fsp3) is 0.652. The molecule has 33 heavy (non-hydrogen) atoms. The molecule has 0 bridgehead atoms. The highest BCUT2D eigenvalue weighted by molar-refractivity contribution is 5.91. The summed E-state index contributed by atoms with van der Waals surface area (Å²) in [5.41, 5.74) is -0.0757. The molecular formula is C23H34N4O6. The van der Waals surface area contributed by atoms with Crippen LogP contribution in [0, 0.1) is 27.9 Å². The van der Waals surface area contributed by atoms with Gasteiger partial charge in [-0.25, -0.2) is 4.98 Å². The number of aromatic nitrogens is 1. The molecule has 0 radical (unpaired) electrons. The first kappa shape index (κ1) is 24.9. The third-order valence-corrected chi connectivity index (χ3v) is 6.30. The molecule has 1 fully saturated rings. The molecule has 3 N–H and O–H groups in total. The van der Waals surface area contributed by atoms with Crippen molar-refractivity contribution < 1.29 is 24.3 Å². The summed E-state index contributed by atoms with van der Waals surface area (Å²) >= 11 is 0. The minimum Gasteiger partial charge on any atom is -0.459 e. The number of ether oxygens (including phenoxy) is 2. The number of hydrogen-bond acceptors (Lipinski definition) is 8. The van der Waals surface area contributed by atoms with Crippen LogP contribution in [-0.4, -0.2) is 53.5 Å². The minimum absolute atomic E-state index is 0.0757. The standard InChI is InChI=1S/C23H34N4O6/c1-2-32-23-18(8-5-13-28)19(16-6-3-4-7-16)14-20(33-23)22(29)25-12-11-24-21-10-9-17(15-26-21)27(30)31/h9-10,14-16,18-19,23,28H,2-8,11-13H2,1H3,(H,24,26)(H,25,29)/t18-,19+,23+/m0/s1. The van der Waals surface area contributed by atoms with Crippen LogP contribution in [0.3, 0.4) is 0 Å². The Morgan fingerprint density at radius 3 is 2.76 bits per heavy atom. The summed E-state index contributed by atoms with van der Waals surface area (Å²) < 4.78 is 11.9. The molecule has 10 nitrogen and oxygen atoms in total. The molecule has 0 unspecified atom stereocenters. The van der Waals surface area contributed by atoms with Gasteiger partial charge >= 0.3 is 0 Å². The van der Waals surface area contributed by atoms with Crippen molar-refractivity contribution in [2.45, 2.75) is 51.7 Å². The van der Waals surface area contributed by atoms with Gasteiger partial charge < -0.3 is 25.2 Å². The number of carbonyl (C=O) groups excluding carboxylic acids is 1. The molecule has 1 amide bonds. The highest BCUT2D eigenvalue weighted by Gasteiger charge is 2.41. The number of hydrogen-bond donors (Lipinski definition) is 3. The summed E-state index contributed by atoms with van der Waals surface area (Å²) in [7, 11) is 0. The van der Waals surface area contributed by atoms with Crippen LogP contribution >= 0.6 is 0 Å². The van der Waals surface area contributed by atoms with Crippen LogP contribution in [0.1, 0.15) is 45.4 Å². The largest absolute Gasteiger partial charge is 0.459 e. The van der Waals surface area contributed by atoms with Gasteiger partial charge in [0.2, 0.25) is 6.29 Å². The Hall–Kier alpha value is -2.72. The molecule has 2 aliphatic rings. The summed E-state index contributed by atoms with van der Waals surface area (Å²) in [4.78, 5) is 27.0. The Kier molecular flexibility index (Phi) is 9.44. The molecule has 1 aromatic rings. The third kappa shape index (κ3) is 6.88. The van der Waals surface area contributed by atoms with Crippen LogP contribution in [0.25, 0.3) is 0 Å². The molecule has 182 valence electrons. The van der Waals surface area contributed by atoms with Gasteiger partial charge in [-0.15, -0.1) is 0 Å². The van der Waals surface area contributed by atoms with E-state index in [1.807, 2.05) is 13.0 Å². The summed E-state index contributed by atoms with van der Waals surface area (Å²) in [6.45, 7) is 3.26. The van der Waals surface area contributed by atoms with E-state index in [9.17, 15) is 20.0 Å². The maximum atomic E-state index is 12.8. The van der Waals surface area contributed by atoms with E-state index in [1.165, 1.54) is 31.2 Å². The number of aliphatic hydroxyl groups excluding tert-OH is 1. The monoisotopic (exact) mass is 462 g/mol. The highest BCUT2D eigenvalue weighted by atomic mass is 16.7. The second kappa shape index (κ2) is 12.5. The molecule has 3 atom stereocenters. The zero-order chi connectivity index (χ0) is 23.6. The van der Waals surface area contributed by atoms with E-state index in [4.69, 9.17) is 9.47 Å². The van der Waals surface area contributed by atoms with E-state index in [1.54, 1.807) is 0 Å². The Morgan fingerprint density at radius 1 is 1.33 bits per heavy atom. The Balaban J connectivity index is 1.59. The van der Waals surface area contributed by atoms with Gasteiger partial charge in [0.15, 0.2) is 5.76 Å². The zero-order valence-electron chi connectivity index (χ0n) is 19.1. The Morgan fingerprint density at radius 2 is 2.12 bits per heavy atom. The molecule has 10 heteroatoms. The van der Waals surface area contributed by atoms with E-state index >= 15 is 0 Å². The van der Waals surface area contributed by atoms with Crippen LogP contribution in [0.15, 0.2) is 30.2 Å². The van der Waals surface area contributed by atoms with Crippen molar-refractivity contribution in [2.75, 3.05) is 31.6 Å². The SMILES string of the molecule is CCO[C@@H]1OC(C(=O)NCCNc2ccc([N+](=O)[O-])cn2)=C[C@H](C2CCCC2)[C@@H]1CCCO. The van der Waals surface area contributed by atoms with Crippen LogP contribution in [0.4, 0.5) is 11.5 Å². The van der Waals surface area contributed by atoms with Crippen LogP contribution < -0.4 is 10.6 Å². The summed E-state index contributed by atoms with van der Waals surface area (Å²) in [5, 5.41) is 25.9. The number of pyridine rings is 1. The first-order chi connectivity index (χ1) is 16.0. The first-order valence-corrected chi connectivity index (χ1v) is 11.8. The first-order valence-electron chi connectivity index (χ1n) is 11.8. The predicted molar refractivity (Wildman–Crippen MR) is 122 cm³/mol. The van der Waals surface area contributed by atoms with E-state index in [0.29, 0.717) is 43.6 Å². The number of allylic oxidation sites excluding steroid dienone is 1. The fourth-order valence-electron chi connectivity index (χ4n) is 4.72. The number of rotatable bonds is 12. The zero-order valence-corrected chi connectivity index (χ0v) is 19.1. The molecule has 0 aromatic carbocycles. The van der Waals surface area contributed by atoms with Crippen molar-refractivity contribution >= 4 is 17.4 Å². The van der Waals surface area contributed by atoms with Gasteiger partial charge in [-0.05, 0) is 56.6 Å². The maximum Gasteiger partial charge on any atom is 0.287 e. The van der Waals surface area contributed by atoms with Gasteiger partial charge in [-0.3, -0.25) is 14.9 Å². The van der Waals surface area contributed by atoms with E-state index in [2.05, 4.69) is 15.6 Å². The second-order valence-corrected chi connectivity index (χ2v) is 8.47. The van der Waals surface area contributed by atoms with Gasteiger partial charge in [-0.2, -0.15) is 0 Å². The molecule has 2 heterocycles. The number of anilines is 1. The van der Waals surface area contributed by atoms with Crippen LogP contribution in [0.2, 0.25) is 0 Å². The van der Waals surface area contributed by atoms with Gasteiger partial charge in [0.25, 0.3) is 11.6 Å². The van der Waals surface area contributed by atoms with Gasteiger partial charge in [0, 0.05) is 38.3 Å². The van der Waals surface area contributed by atoms with Gasteiger partial charge in [-0.1, -0.05) is 12.8 Å². The van der Waals surface area contributed by atoms with Gasteiger partial charge in [0.1, 0.15) is 12.0 Å². The van der Waals surface area contributed by atoms with Crippen LogP contribution in [-0.2, 0) is 14.3 Å². The Bertz CT molecular complexity index is 810. The highest BCUT2D eigenvalue weighted by Crippen LogP contribution is 2.43. The summed E-state index contributed by atoms with van der Waals surface area (Å²) in [6, 6.07) is 2.90. The molecule has 1 saturated carbocycles. The van der Waals surface area contributed by atoms with Crippen molar-refractivity contribution in [1.29, 1.82) is 0 Å². The van der Waals surface area contributed by atoms with Crippen LogP contribution in [0.5, 0.6) is 0 Å². The lowest BCUT2D eigenvalue weighted by Crippen LogP contribution is -2.42. The van der Waals surface area contributed by atoms with Crippen molar-refractivity contribution in [3.63, 3.8) is 0 Å². The molecule has 1 aliphatic heterocycles. The van der Waals surface area contributed by atoms with Crippen molar-refractivity contribution in [2.24, 2.45) is 17.8 Å². The number of nitrogens with one attached hydrogen (secondary N) is 2. The minimum atomic E-state index is -0.502. The summed E-state index contributed by atoms with van der Waals surface area (Å²) in [6.07, 6.45) is 8.80. The lowest BCUT2D eigenvalue weighted by Gasteiger charge is -2.39. The van der Waals surface area contributed by atoms with Gasteiger partial charge in [0.05, 0.1) is 4.92 Å². The normalized spacial score (nSPS) is 23.0. The van der Waals surface area contributed by atoms with E-state index in [0.717, 1.165) is 19.3 Å². The van der Waals surface area contributed by atoms with Crippen molar-refractivity contribution in [3.05, 3.63) is 40.3 Å². The molecule has 1 aromatic heterocycles. The molecule has 1 aliphatic carbocycles. The quantitative estimate of drug-likeness (QED) is 0.245. The number of aliphatic hydroxyl groups is 1. The molecule has 0 saturated heterocycles. The smallest absolute Gasteiger partial charge is 0.287 e. The summed E-state index contributed by atoms with van der Waals surface area (Å²) in [5.74, 6) is 1.30. The Labute approximate surface area is 193 Å². The molecular weight excluding hydrogens is 428 g/mol. The average Bonchev–Trinajstić information content (AvgIpc) is 3.36. The number of nitro groups is 1. The van der Waals surface area contributed by atoms with E-state index in [-0.39, 0.29) is 30.0 Å². The second-order valence-electron chi connectivity index (χ2n) is 8.47. The lowest BCUT2D eigenvalue weighted by molar-refractivity contribution is -0.385. The average molecular weight is 463 g/mol. The third-order valence-electron chi connectivity index (χ3n) is 6.30. The van der Waals surface area contributed by atoms with E-state index < -0.39 is 11.2 Å². The maximum absolute atomic E-state index is 12.8. The fourth-order valence-corrected chi connectivity index (χ4v) is 4.72. The predicted octanol–water partition coefficient (Wildman–Crippen LogP) is 2.99. The topological polar surface area (TPSA) is 136 Å². The molecule has 0 spiro atoms. The number of amides is 1.